The van der Waals surface area contributed by atoms with Crippen molar-refractivity contribution in [1.82, 2.24) is 0 Å². The molecule has 2 amide bonds. The van der Waals surface area contributed by atoms with Crippen molar-refractivity contribution in [1.29, 1.82) is 0 Å². The summed E-state index contributed by atoms with van der Waals surface area (Å²) in [6, 6.07) is 19.4. The zero-order valence-corrected chi connectivity index (χ0v) is 18.8. The monoisotopic (exact) mass is 443 g/mol. The fraction of sp³-hybridized carbons (Fsp3) is 0.231. The number of carbonyl (C=O) groups excluding carboxylic acids is 2. The normalized spacial score (nSPS) is 16.8. The lowest BCUT2D eigenvalue weighted by molar-refractivity contribution is -0.120. The van der Waals surface area contributed by atoms with E-state index in [4.69, 9.17) is 0 Å². The van der Waals surface area contributed by atoms with Crippen LogP contribution >= 0.6 is 11.3 Å². The second kappa shape index (κ2) is 8.63. The summed E-state index contributed by atoms with van der Waals surface area (Å²) in [6.07, 6.45) is 3.74. The van der Waals surface area contributed by atoms with Gasteiger partial charge in [-0.05, 0) is 79.6 Å². The van der Waals surface area contributed by atoms with Crippen molar-refractivity contribution in [3.63, 3.8) is 0 Å². The van der Waals surface area contributed by atoms with Crippen LogP contribution in [0.2, 0.25) is 0 Å². The first-order valence-corrected chi connectivity index (χ1v) is 11.9. The van der Waals surface area contributed by atoms with Crippen molar-refractivity contribution in [2.24, 2.45) is 0 Å². The second-order valence-electron chi connectivity index (χ2n) is 8.23. The Morgan fingerprint density at radius 2 is 1.62 bits per heavy atom. The molecule has 5 rings (SSSR count). The van der Waals surface area contributed by atoms with Gasteiger partial charge < -0.3 is 10.2 Å². The maximum atomic E-state index is 13.4. The fourth-order valence-corrected chi connectivity index (χ4v) is 5.12. The summed E-state index contributed by atoms with van der Waals surface area (Å²) in [6.45, 7) is 4.11. The Labute approximate surface area is 192 Å². The quantitative estimate of drug-likeness (QED) is 0.533. The number of thiophene rings is 1. The molecule has 0 spiro atoms. The number of aryl methyl sites for hydroxylation is 1. The van der Waals surface area contributed by atoms with E-state index in [-0.39, 0.29) is 11.8 Å². The van der Waals surface area contributed by atoms with Gasteiger partial charge in [0.05, 0.1) is 11.3 Å². The molecule has 32 heavy (non-hydrogen) atoms. The van der Waals surface area contributed by atoms with Crippen molar-refractivity contribution in [3.05, 3.63) is 82.2 Å². The van der Waals surface area contributed by atoms with Gasteiger partial charge in [-0.25, -0.2) is 4.90 Å². The number of nitrogens with zero attached hydrogens (tertiary/aromatic N) is 2. The van der Waals surface area contributed by atoms with E-state index in [2.05, 4.69) is 22.3 Å². The van der Waals surface area contributed by atoms with Crippen LogP contribution in [0.4, 0.5) is 17.1 Å². The van der Waals surface area contributed by atoms with Gasteiger partial charge in [-0.2, -0.15) is 0 Å². The number of rotatable bonds is 5. The summed E-state index contributed by atoms with van der Waals surface area (Å²) < 4.78 is 0. The van der Waals surface area contributed by atoms with Gasteiger partial charge in [0.2, 0.25) is 0 Å². The number of benzene rings is 2. The highest BCUT2D eigenvalue weighted by Gasteiger charge is 2.40. The highest BCUT2D eigenvalue weighted by Crippen LogP contribution is 2.36. The fourth-order valence-electron chi connectivity index (χ4n) is 4.35. The predicted octanol–water partition coefficient (Wildman–Crippen LogP) is 5.44. The Balaban J connectivity index is 1.47. The van der Waals surface area contributed by atoms with E-state index in [1.54, 1.807) is 6.07 Å². The van der Waals surface area contributed by atoms with Crippen LogP contribution in [-0.2, 0) is 9.59 Å². The van der Waals surface area contributed by atoms with Gasteiger partial charge in [-0.15, -0.1) is 11.3 Å². The Bertz CT molecular complexity index is 1180. The summed E-state index contributed by atoms with van der Waals surface area (Å²) >= 11 is 1.46. The van der Waals surface area contributed by atoms with E-state index in [0.29, 0.717) is 17.0 Å². The molecule has 0 aliphatic carbocycles. The van der Waals surface area contributed by atoms with Crippen molar-refractivity contribution < 1.29 is 9.59 Å². The van der Waals surface area contributed by atoms with Crippen LogP contribution in [0.5, 0.6) is 0 Å². The molecule has 2 aliphatic rings. The van der Waals surface area contributed by atoms with Crippen molar-refractivity contribution in [3.8, 4) is 0 Å². The minimum absolute atomic E-state index is 0.296. The Kier molecular flexibility index (Phi) is 5.53. The highest BCUT2D eigenvalue weighted by molar-refractivity contribution is 7.11. The van der Waals surface area contributed by atoms with Crippen LogP contribution in [-0.4, -0.2) is 24.9 Å². The summed E-state index contributed by atoms with van der Waals surface area (Å²) in [5, 5.41) is 5.18. The first kappa shape index (κ1) is 20.5. The van der Waals surface area contributed by atoms with Crippen LogP contribution in [0, 0.1) is 6.92 Å². The molecule has 0 unspecified atom stereocenters. The summed E-state index contributed by atoms with van der Waals surface area (Å²) in [4.78, 5) is 31.3. The number of piperidine rings is 1. The lowest BCUT2D eigenvalue weighted by Crippen LogP contribution is -2.32. The van der Waals surface area contributed by atoms with Gasteiger partial charge in [-0.3, -0.25) is 9.59 Å². The standard InChI is InChI=1S/C26H25N3O2S/c1-18-7-5-8-21(17-18)29-25(30)23(22-9-6-16-32-22)24(26(29)31)27-19-10-12-20(13-11-19)28-14-3-2-4-15-28/h5-13,16-17,27H,2-4,14-15H2,1H3. The molecule has 3 heterocycles. The maximum Gasteiger partial charge on any atom is 0.282 e. The minimum Gasteiger partial charge on any atom is -0.372 e. The first-order chi connectivity index (χ1) is 15.6. The number of imide groups is 1. The van der Waals surface area contributed by atoms with Gasteiger partial charge in [0, 0.05) is 29.3 Å². The second-order valence-corrected chi connectivity index (χ2v) is 9.18. The number of nitrogens with one attached hydrogen (secondary N) is 1. The largest absolute Gasteiger partial charge is 0.372 e. The molecule has 1 aromatic heterocycles. The first-order valence-electron chi connectivity index (χ1n) is 11.0. The lowest BCUT2D eigenvalue weighted by Gasteiger charge is -2.28. The van der Waals surface area contributed by atoms with Crippen LogP contribution in [0.3, 0.4) is 0 Å². The zero-order chi connectivity index (χ0) is 22.1. The number of hydrogen-bond donors (Lipinski definition) is 1. The zero-order valence-electron chi connectivity index (χ0n) is 18.0. The molecule has 1 saturated heterocycles. The molecule has 0 radical (unpaired) electrons. The van der Waals surface area contributed by atoms with Crippen LogP contribution < -0.4 is 15.1 Å². The van der Waals surface area contributed by atoms with Crippen LogP contribution in [0.1, 0.15) is 29.7 Å². The van der Waals surface area contributed by atoms with E-state index in [9.17, 15) is 9.59 Å². The average molecular weight is 444 g/mol. The third-order valence-electron chi connectivity index (χ3n) is 5.97. The third kappa shape index (κ3) is 3.82. The van der Waals surface area contributed by atoms with Crippen molar-refractivity contribution in [2.45, 2.75) is 26.2 Å². The van der Waals surface area contributed by atoms with Crippen molar-refractivity contribution in [2.75, 3.05) is 28.2 Å². The molecule has 3 aromatic rings. The van der Waals surface area contributed by atoms with Gasteiger partial charge in [-0.1, -0.05) is 18.2 Å². The molecule has 1 fully saturated rings. The molecule has 2 aromatic carbocycles. The van der Waals surface area contributed by atoms with Gasteiger partial charge >= 0.3 is 0 Å². The van der Waals surface area contributed by atoms with E-state index >= 15 is 0 Å². The molecule has 162 valence electrons. The van der Waals surface area contributed by atoms with Crippen molar-refractivity contribution >= 4 is 45.8 Å². The Morgan fingerprint density at radius 3 is 2.31 bits per heavy atom. The molecule has 2 aliphatic heterocycles. The van der Waals surface area contributed by atoms with Gasteiger partial charge in [0.1, 0.15) is 5.70 Å². The molecule has 0 bridgehead atoms. The topological polar surface area (TPSA) is 52.7 Å². The van der Waals surface area contributed by atoms with E-state index in [1.165, 1.54) is 41.2 Å². The van der Waals surface area contributed by atoms with Gasteiger partial charge in [0.25, 0.3) is 11.8 Å². The Morgan fingerprint density at radius 1 is 0.844 bits per heavy atom. The number of hydrogen-bond acceptors (Lipinski definition) is 5. The summed E-state index contributed by atoms with van der Waals surface area (Å²) in [5.41, 5.74) is 4.32. The average Bonchev–Trinajstić information content (AvgIpc) is 3.41. The summed E-state index contributed by atoms with van der Waals surface area (Å²) in [5.74, 6) is -0.625. The van der Waals surface area contributed by atoms with Crippen LogP contribution in [0.15, 0.2) is 71.7 Å². The Hall–Kier alpha value is -3.38. The molecule has 0 atom stereocenters. The lowest BCUT2D eigenvalue weighted by atomic mass is 10.1. The molecule has 5 nitrogen and oxygen atoms in total. The molecular formula is C26H25N3O2S. The maximum absolute atomic E-state index is 13.4. The van der Waals surface area contributed by atoms with E-state index in [0.717, 1.165) is 29.2 Å². The predicted molar refractivity (Wildman–Crippen MR) is 131 cm³/mol. The van der Waals surface area contributed by atoms with Crippen LogP contribution in [0.25, 0.3) is 5.57 Å². The third-order valence-corrected chi connectivity index (χ3v) is 6.86. The van der Waals surface area contributed by atoms with E-state index in [1.807, 2.05) is 54.8 Å². The highest BCUT2D eigenvalue weighted by atomic mass is 32.1. The molecular weight excluding hydrogens is 418 g/mol. The SMILES string of the molecule is Cc1cccc(N2C(=O)C(Nc3ccc(N4CCCCC4)cc3)=C(c3cccs3)C2=O)c1. The number of carbonyl (C=O) groups is 2. The molecule has 0 saturated carbocycles. The molecule has 6 heteroatoms. The minimum atomic E-state index is -0.330. The van der Waals surface area contributed by atoms with E-state index < -0.39 is 0 Å². The smallest absolute Gasteiger partial charge is 0.282 e. The van der Waals surface area contributed by atoms with Gasteiger partial charge in [0.15, 0.2) is 0 Å². The summed E-state index contributed by atoms with van der Waals surface area (Å²) in [7, 11) is 0. The number of amides is 2. The molecule has 1 N–H and O–H groups in total. The number of anilines is 3.